The number of rotatable bonds is 4. The highest BCUT2D eigenvalue weighted by atomic mass is 16.3. The highest BCUT2D eigenvalue weighted by molar-refractivity contribution is 4.81. The van der Waals surface area contributed by atoms with Crippen molar-refractivity contribution < 1.29 is 5.11 Å². The highest BCUT2D eigenvalue weighted by Gasteiger charge is 2.29. The van der Waals surface area contributed by atoms with Gasteiger partial charge in [0.25, 0.3) is 0 Å². The Morgan fingerprint density at radius 3 is 2.33 bits per heavy atom. The minimum atomic E-state index is 0.0182. The first-order valence-corrected chi connectivity index (χ1v) is 6.97. The van der Waals surface area contributed by atoms with Crippen LogP contribution in [0.5, 0.6) is 0 Å². The van der Waals surface area contributed by atoms with Gasteiger partial charge in [0.2, 0.25) is 0 Å². The van der Waals surface area contributed by atoms with Crippen molar-refractivity contribution in [3.8, 4) is 0 Å². The Morgan fingerprint density at radius 1 is 1.07 bits per heavy atom. The third-order valence-corrected chi connectivity index (χ3v) is 4.74. The van der Waals surface area contributed by atoms with E-state index in [4.69, 9.17) is 0 Å². The lowest BCUT2D eigenvalue weighted by atomic mass is 9.73. The number of hydrogen-bond acceptors (Lipinski definition) is 1. The molecule has 0 saturated heterocycles. The first kappa shape index (κ1) is 11.4. The molecule has 1 nitrogen and oxygen atoms in total. The fraction of sp³-hybridized carbons (Fsp3) is 1.00. The molecule has 2 aliphatic rings. The zero-order valence-corrected chi connectivity index (χ0v) is 10.1. The highest BCUT2D eigenvalue weighted by Crippen LogP contribution is 2.37. The van der Waals surface area contributed by atoms with E-state index in [1.165, 1.54) is 51.4 Å². The summed E-state index contributed by atoms with van der Waals surface area (Å²) in [7, 11) is 0. The van der Waals surface area contributed by atoms with Gasteiger partial charge in [-0.3, -0.25) is 0 Å². The minimum Gasteiger partial charge on any atom is -0.393 e. The maximum Gasteiger partial charge on any atom is 0.0571 e. The van der Waals surface area contributed by atoms with Crippen molar-refractivity contribution >= 4 is 0 Å². The average molecular weight is 210 g/mol. The van der Waals surface area contributed by atoms with Crippen LogP contribution in [0.1, 0.15) is 64.7 Å². The predicted octanol–water partition coefficient (Wildman–Crippen LogP) is 3.75. The minimum absolute atomic E-state index is 0.0182. The van der Waals surface area contributed by atoms with Crippen molar-refractivity contribution in [3.05, 3.63) is 0 Å². The normalized spacial score (nSPS) is 34.8. The summed E-state index contributed by atoms with van der Waals surface area (Å²) in [5.41, 5.74) is 0. The molecule has 2 aliphatic carbocycles. The number of aliphatic hydroxyl groups excluding tert-OH is 1. The third-order valence-electron chi connectivity index (χ3n) is 4.74. The zero-order valence-electron chi connectivity index (χ0n) is 10.1. The molecule has 0 amide bonds. The summed E-state index contributed by atoms with van der Waals surface area (Å²) >= 11 is 0. The van der Waals surface area contributed by atoms with Crippen LogP contribution in [0.2, 0.25) is 0 Å². The molecule has 0 aromatic heterocycles. The largest absolute Gasteiger partial charge is 0.393 e. The van der Waals surface area contributed by atoms with E-state index >= 15 is 0 Å². The van der Waals surface area contributed by atoms with Crippen LogP contribution in [0.25, 0.3) is 0 Å². The first-order chi connectivity index (χ1) is 7.29. The van der Waals surface area contributed by atoms with Gasteiger partial charge in [-0.2, -0.15) is 0 Å². The van der Waals surface area contributed by atoms with Crippen molar-refractivity contribution in [3.63, 3.8) is 0 Å². The molecule has 0 spiro atoms. The fourth-order valence-corrected chi connectivity index (χ4v) is 3.32. The molecule has 0 aromatic rings. The molecule has 2 fully saturated rings. The van der Waals surface area contributed by atoms with Crippen LogP contribution < -0.4 is 0 Å². The Kier molecular flexibility index (Phi) is 4.07. The molecule has 2 rings (SSSR count). The zero-order chi connectivity index (χ0) is 10.7. The molecule has 1 N–H and O–H groups in total. The van der Waals surface area contributed by atoms with Crippen molar-refractivity contribution in [1.82, 2.24) is 0 Å². The summed E-state index contributed by atoms with van der Waals surface area (Å²) in [6, 6.07) is 0. The molecule has 15 heavy (non-hydrogen) atoms. The van der Waals surface area contributed by atoms with Gasteiger partial charge in [-0.1, -0.05) is 45.4 Å². The van der Waals surface area contributed by atoms with Crippen LogP contribution in [0.4, 0.5) is 0 Å². The summed E-state index contributed by atoms with van der Waals surface area (Å²) in [5.74, 6) is 2.39. The van der Waals surface area contributed by atoms with Crippen LogP contribution in [0.15, 0.2) is 0 Å². The molecule has 1 heteroatoms. The molecule has 0 aromatic carbocycles. The first-order valence-electron chi connectivity index (χ1n) is 6.97. The quantitative estimate of drug-likeness (QED) is 0.749. The van der Waals surface area contributed by atoms with E-state index < -0.39 is 0 Å². The molecule has 2 saturated carbocycles. The van der Waals surface area contributed by atoms with Crippen molar-refractivity contribution in [2.75, 3.05) is 0 Å². The lowest BCUT2D eigenvalue weighted by Crippen LogP contribution is -2.30. The van der Waals surface area contributed by atoms with Crippen molar-refractivity contribution in [2.45, 2.75) is 70.8 Å². The van der Waals surface area contributed by atoms with Gasteiger partial charge >= 0.3 is 0 Å². The molecule has 3 unspecified atom stereocenters. The van der Waals surface area contributed by atoms with Gasteiger partial charge in [0.05, 0.1) is 6.10 Å². The van der Waals surface area contributed by atoms with Gasteiger partial charge in [0.1, 0.15) is 0 Å². The second-order valence-electron chi connectivity index (χ2n) is 5.80. The Bertz CT molecular complexity index is 186. The van der Waals surface area contributed by atoms with Crippen LogP contribution in [0, 0.1) is 17.8 Å². The molecule has 0 radical (unpaired) electrons. The molecule has 0 aliphatic heterocycles. The second kappa shape index (κ2) is 5.34. The van der Waals surface area contributed by atoms with E-state index in [-0.39, 0.29) is 6.10 Å². The van der Waals surface area contributed by atoms with Gasteiger partial charge in [-0.25, -0.2) is 0 Å². The predicted molar refractivity (Wildman–Crippen MR) is 63.7 cm³/mol. The Labute approximate surface area is 94.3 Å². The summed E-state index contributed by atoms with van der Waals surface area (Å²) in [6.45, 7) is 2.30. The van der Waals surface area contributed by atoms with Crippen LogP contribution in [-0.2, 0) is 0 Å². The monoisotopic (exact) mass is 210 g/mol. The second-order valence-corrected chi connectivity index (χ2v) is 5.80. The van der Waals surface area contributed by atoms with Crippen LogP contribution >= 0.6 is 0 Å². The van der Waals surface area contributed by atoms with Crippen molar-refractivity contribution in [1.29, 1.82) is 0 Å². The van der Waals surface area contributed by atoms with Crippen LogP contribution in [0.3, 0.4) is 0 Å². The maximum absolute atomic E-state index is 10.2. The number of hydrogen-bond donors (Lipinski definition) is 1. The van der Waals surface area contributed by atoms with Gasteiger partial charge < -0.3 is 5.11 Å². The van der Waals surface area contributed by atoms with Crippen LogP contribution in [-0.4, -0.2) is 11.2 Å². The lowest BCUT2D eigenvalue weighted by molar-refractivity contribution is 0.0371. The smallest absolute Gasteiger partial charge is 0.0571 e. The van der Waals surface area contributed by atoms with Gasteiger partial charge in [-0.15, -0.1) is 0 Å². The van der Waals surface area contributed by atoms with E-state index in [2.05, 4.69) is 6.92 Å². The molecule has 0 heterocycles. The van der Waals surface area contributed by atoms with Gasteiger partial charge in [0, 0.05) is 0 Å². The lowest BCUT2D eigenvalue weighted by Gasteiger charge is -2.35. The Balaban J connectivity index is 1.75. The average Bonchev–Trinajstić information content (AvgIpc) is 2.23. The van der Waals surface area contributed by atoms with E-state index in [0.717, 1.165) is 18.3 Å². The Morgan fingerprint density at radius 2 is 1.73 bits per heavy atom. The molecule has 88 valence electrons. The fourth-order valence-electron chi connectivity index (χ4n) is 3.32. The summed E-state index contributed by atoms with van der Waals surface area (Å²) in [4.78, 5) is 0. The van der Waals surface area contributed by atoms with E-state index in [1.807, 2.05) is 0 Å². The van der Waals surface area contributed by atoms with Gasteiger partial charge in [-0.05, 0) is 37.0 Å². The topological polar surface area (TPSA) is 20.2 Å². The van der Waals surface area contributed by atoms with E-state index in [0.29, 0.717) is 5.92 Å². The van der Waals surface area contributed by atoms with E-state index in [1.54, 1.807) is 0 Å². The SMILES string of the molecule is CCC1CCCC(C(O)CC2CCC2)C1. The Hall–Kier alpha value is -0.0400. The summed E-state index contributed by atoms with van der Waals surface area (Å²) in [5, 5.41) is 10.2. The summed E-state index contributed by atoms with van der Waals surface area (Å²) in [6.07, 6.45) is 11.9. The van der Waals surface area contributed by atoms with Gasteiger partial charge in [0.15, 0.2) is 0 Å². The van der Waals surface area contributed by atoms with E-state index in [9.17, 15) is 5.11 Å². The third kappa shape index (κ3) is 2.96. The maximum atomic E-state index is 10.2. The molecular weight excluding hydrogens is 184 g/mol. The molecular formula is C14H26O. The van der Waals surface area contributed by atoms with Crippen molar-refractivity contribution in [2.24, 2.45) is 17.8 Å². The summed E-state index contributed by atoms with van der Waals surface area (Å²) < 4.78 is 0. The number of aliphatic hydroxyl groups is 1. The molecule has 0 bridgehead atoms. The standard InChI is InChI=1S/C14H26O/c1-2-11-5-4-8-13(9-11)14(15)10-12-6-3-7-12/h11-15H,2-10H2,1H3. The molecule has 3 atom stereocenters.